The van der Waals surface area contributed by atoms with Crippen LogP contribution in [0.15, 0.2) is 48.8 Å². The average molecular weight is 298 g/mol. The molecule has 1 aromatic heterocycles. The zero-order chi connectivity index (χ0) is 15.4. The summed E-state index contributed by atoms with van der Waals surface area (Å²) in [6.45, 7) is 0.423. The summed E-state index contributed by atoms with van der Waals surface area (Å²) in [5.41, 5.74) is 1.55. The van der Waals surface area contributed by atoms with Crippen LogP contribution in [0.25, 0.3) is 0 Å². The molecule has 114 valence electrons. The van der Waals surface area contributed by atoms with Crippen molar-refractivity contribution in [1.29, 1.82) is 0 Å². The van der Waals surface area contributed by atoms with Crippen LogP contribution in [0.4, 0.5) is 10.1 Å². The Morgan fingerprint density at radius 1 is 1.23 bits per heavy atom. The van der Waals surface area contributed by atoms with E-state index in [-0.39, 0.29) is 17.6 Å². The third-order valence-corrected chi connectivity index (χ3v) is 4.15. The normalized spacial score (nSPS) is 15.0. The maximum Gasteiger partial charge on any atom is 0.230 e. The van der Waals surface area contributed by atoms with Crippen LogP contribution in [0.1, 0.15) is 31.2 Å². The molecule has 1 aliphatic carbocycles. The molecule has 1 amide bonds. The Bertz CT molecular complexity index is 639. The number of halogens is 1. The van der Waals surface area contributed by atoms with E-state index in [9.17, 15) is 9.18 Å². The maximum atomic E-state index is 13.6. The van der Waals surface area contributed by atoms with Gasteiger partial charge in [-0.05, 0) is 42.7 Å². The number of hydrogen-bond acceptors (Lipinski definition) is 2. The third kappa shape index (κ3) is 3.32. The summed E-state index contributed by atoms with van der Waals surface area (Å²) in [7, 11) is 0. The number of benzene rings is 1. The summed E-state index contributed by atoms with van der Waals surface area (Å²) in [5.74, 6) is -0.181. The van der Waals surface area contributed by atoms with Crippen LogP contribution in [-0.2, 0) is 11.3 Å². The molecule has 0 unspecified atom stereocenters. The fourth-order valence-electron chi connectivity index (χ4n) is 3.01. The molecule has 0 radical (unpaired) electrons. The van der Waals surface area contributed by atoms with E-state index >= 15 is 0 Å². The fraction of sp³-hybridized carbons (Fsp3) is 0.333. The Morgan fingerprint density at radius 2 is 2.05 bits per heavy atom. The molecule has 4 heteroatoms. The number of pyridine rings is 1. The van der Waals surface area contributed by atoms with Crippen molar-refractivity contribution in [2.24, 2.45) is 5.92 Å². The van der Waals surface area contributed by atoms with Crippen molar-refractivity contribution in [3.05, 3.63) is 60.2 Å². The first kappa shape index (κ1) is 14.7. The molecule has 0 aliphatic heterocycles. The first-order valence-electron chi connectivity index (χ1n) is 7.70. The lowest BCUT2D eigenvalue weighted by molar-refractivity contribution is -0.122. The number of hydrogen-bond donors (Lipinski definition) is 0. The standard InChI is InChI=1S/C18H19FN2O/c19-16-8-3-9-17(11-16)21(13-14-5-4-10-20-12-14)18(22)15-6-1-2-7-15/h3-5,8-12,15H,1-2,6-7,13H2. The van der Waals surface area contributed by atoms with Crippen molar-refractivity contribution in [3.63, 3.8) is 0 Å². The van der Waals surface area contributed by atoms with Gasteiger partial charge in [-0.15, -0.1) is 0 Å². The molecule has 1 saturated carbocycles. The Balaban J connectivity index is 1.89. The van der Waals surface area contributed by atoms with Crippen LogP contribution in [-0.4, -0.2) is 10.9 Å². The van der Waals surface area contributed by atoms with E-state index in [2.05, 4.69) is 4.98 Å². The van der Waals surface area contributed by atoms with Crippen LogP contribution in [0.3, 0.4) is 0 Å². The summed E-state index contributed by atoms with van der Waals surface area (Å²) >= 11 is 0. The van der Waals surface area contributed by atoms with Crippen LogP contribution in [0.2, 0.25) is 0 Å². The molecule has 1 fully saturated rings. The zero-order valence-corrected chi connectivity index (χ0v) is 12.4. The Morgan fingerprint density at radius 3 is 2.73 bits per heavy atom. The van der Waals surface area contributed by atoms with Gasteiger partial charge in [-0.3, -0.25) is 9.78 Å². The van der Waals surface area contributed by atoms with Gasteiger partial charge in [0.15, 0.2) is 0 Å². The topological polar surface area (TPSA) is 33.2 Å². The Kier molecular flexibility index (Phi) is 4.47. The van der Waals surface area contributed by atoms with Gasteiger partial charge >= 0.3 is 0 Å². The number of amides is 1. The largest absolute Gasteiger partial charge is 0.308 e. The predicted octanol–water partition coefficient (Wildman–Crippen LogP) is 3.94. The fourth-order valence-corrected chi connectivity index (χ4v) is 3.01. The van der Waals surface area contributed by atoms with E-state index in [1.54, 1.807) is 29.4 Å². The average Bonchev–Trinajstić information content (AvgIpc) is 3.07. The molecule has 0 N–H and O–H groups in total. The third-order valence-electron chi connectivity index (χ3n) is 4.15. The van der Waals surface area contributed by atoms with E-state index in [1.807, 2.05) is 12.1 Å². The number of rotatable bonds is 4. The minimum Gasteiger partial charge on any atom is -0.308 e. The van der Waals surface area contributed by atoms with Gasteiger partial charge in [-0.25, -0.2) is 4.39 Å². The highest BCUT2D eigenvalue weighted by Gasteiger charge is 2.28. The van der Waals surface area contributed by atoms with Gasteiger partial charge in [0.25, 0.3) is 0 Å². The van der Waals surface area contributed by atoms with Crippen molar-refractivity contribution < 1.29 is 9.18 Å². The van der Waals surface area contributed by atoms with E-state index in [0.717, 1.165) is 31.2 Å². The Labute approximate surface area is 129 Å². The molecule has 0 bridgehead atoms. The minimum atomic E-state index is -0.326. The Hall–Kier alpha value is -2.23. The minimum absolute atomic E-state index is 0.0555. The van der Waals surface area contributed by atoms with Gasteiger partial charge in [0, 0.05) is 24.0 Å². The second-order valence-electron chi connectivity index (χ2n) is 5.75. The van der Waals surface area contributed by atoms with Crippen LogP contribution < -0.4 is 4.90 Å². The van der Waals surface area contributed by atoms with Gasteiger partial charge in [0.05, 0.1) is 6.54 Å². The van der Waals surface area contributed by atoms with Crippen molar-refractivity contribution in [3.8, 4) is 0 Å². The molecule has 0 saturated heterocycles. The summed E-state index contributed by atoms with van der Waals surface area (Å²) in [6.07, 6.45) is 7.50. The molecular formula is C18H19FN2O. The van der Waals surface area contributed by atoms with E-state index in [1.165, 1.54) is 12.1 Å². The highest BCUT2D eigenvalue weighted by atomic mass is 19.1. The summed E-state index contributed by atoms with van der Waals surface area (Å²) in [4.78, 5) is 18.6. The molecule has 0 atom stereocenters. The molecule has 3 rings (SSSR count). The zero-order valence-electron chi connectivity index (χ0n) is 12.4. The van der Waals surface area contributed by atoms with Gasteiger partial charge in [0.1, 0.15) is 5.82 Å². The SMILES string of the molecule is O=C(C1CCCC1)N(Cc1cccnc1)c1cccc(F)c1. The lowest BCUT2D eigenvalue weighted by Gasteiger charge is -2.26. The summed E-state index contributed by atoms with van der Waals surface area (Å²) < 4.78 is 13.6. The summed E-state index contributed by atoms with van der Waals surface area (Å²) in [5, 5.41) is 0. The lowest BCUT2D eigenvalue weighted by Crippen LogP contribution is -2.35. The highest BCUT2D eigenvalue weighted by molar-refractivity contribution is 5.95. The van der Waals surface area contributed by atoms with Crippen molar-refractivity contribution in [2.45, 2.75) is 32.2 Å². The van der Waals surface area contributed by atoms with Gasteiger partial charge in [-0.2, -0.15) is 0 Å². The monoisotopic (exact) mass is 298 g/mol. The van der Waals surface area contributed by atoms with Crippen LogP contribution in [0.5, 0.6) is 0 Å². The van der Waals surface area contributed by atoms with Crippen LogP contribution >= 0.6 is 0 Å². The molecule has 2 aromatic rings. The number of carbonyl (C=O) groups is 1. The second kappa shape index (κ2) is 6.69. The molecule has 1 heterocycles. The van der Waals surface area contributed by atoms with Gasteiger partial charge < -0.3 is 4.90 Å². The molecule has 0 spiro atoms. The molecular weight excluding hydrogens is 279 g/mol. The van der Waals surface area contributed by atoms with Gasteiger partial charge in [0.2, 0.25) is 5.91 Å². The molecule has 1 aliphatic rings. The highest BCUT2D eigenvalue weighted by Crippen LogP contribution is 2.29. The maximum absolute atomic E-state index is 13.6. The summed E-state index contributed by atoms with van der Waals surface area (Å²) in [6, 6.07) is 10.0. The first-order chi connectivity index (χ1) is 10.7. The smallest absolute Gasteiger partial charge is 0.230 e. The quantitative estimate of drug-likeness (QED) is 0.856. The van der Waals surface area contributed by atoms with Crippen molar-refractivity contribution >= 4 is 11.6 Å². The molecule has 3 nitrogen and oxygen atoms in total. The number of anilines is 1. The predicted molar refractivity (Wildman–Crippen MR) is 83.8 cm³/mol. The van der Waals surface area contributed by atoms with Crippen molar-refractivity contribution in [1.82, 2.24) is 4.98 Å². The van der Waals surface area contributed by atoms with Crippen molar-refractivity contribution in [2.75, 3.05) is 4.90 Å². The van der Waals surface area contributed by atoms with E-state index < -0.39 is 0 Å². The second-order valence-corrected chi connectivity index (χ2v) is 5.75. The van der Waals surface area contributed by atoms with E-state index in [4.69, 9.17) is 0 Å². The number of aromatic nitrogens is 1. The lowest BCUT2D eigenvalue weighted by atomic mass is 10.1. The van der Waals surface area contributed by atoms with Gasteiger partial charge in [-0.1, -0.05) is 25.0 Å². The molecule has 1 aromatic carbocycles. The molecule has 22 heavy (non-hydrogen) atoms. The first-order valence-corrected chi connectivity index (χ1v) is 7.70. The van der Waals surface area contributed by atoms with Crippen LogP contribution in [0, 0.1) is 11.7 Å². The van der Waals surface area contributed by atoms with E-state index in [0.29, 0.717) is 12.2 Å². The number of carbonyl (C=O) groups excluding carboxylic acids is 1. The number of nitrogens with zero attached hydrogens (tertiary/aromatic N) is 2.